The zero-order chi connectivity index (χ0) is 11.6. The van der Waals surface area contributed by atoms with E-state index in [2.05, 4.69) is 0 Å². The lowest BCUT2D eigenvalue weighted by molar-refractivity contribution is -0.395. The van der Waals surface area contributed by atoms with Gasteiger partial charge < -0.3 is 0 Å². The molecule has 0 fully saturated rings. The molecule has 0 unspecified atom stereocenters. The van der Waals surface area contributed by atoms with Crippen LogP contribution in [0, 0.1) is 32.6 Å². The average molecular weight is 211 g/mol. The third kappa shape index (κ3) is 1.96. The minimum atomic E-state index is -1.16. The minimum Gasteiger partial charge on any atom is -0.258 e. The highest BCUT2D eigenvalue weighted by Gasteiger charge is 2.23. The Kier molecular flexibility index (Phi) is 2.75. The smallest absolute Gasteiger partial charge is 0.258 e. The molecule has 0 saturated carbocycles. The van der Waals surface area contributed by atoms with Gasteiger partial charge in [0.1, 0.15) is 0 Å². The Hall–Kier alpha value is -2.31. The molecule has 15 heavy (non-hydrogen) atoms. The SMILES string of the molecule is [CH]=Cc1cc(F)c([N+](=O)[O-])cc1[N+](=O)[O-]. The quantitative estimate of drug-likeness (QED) is 0.565. The Balaban J connectivity index is 3.50. The monoisotopic (exact) mass is 211 g/mol. The number of halogens is 1. The minimum absolute atomic E-state index is 0.205. The standard InChI is InChI=1S/C8H4FN2O4/c1-2-5-3-6(9)8(11(14)15)4-7(5)10(12)13/h1-4H. The van der Waals surface area contributed by atoms with E-state index in [4.69, 9.17) is 6.58 Å². The first-order valence-corrected chi connectivity index (χ1v) is 3.64. The maximum absolute atomic E-state index is 13.0. The van der Waals surface area contributed by atoms with Gasteiger partial charge in [0.25, 0.3) is 5.69 Å². The lowest BCUT2D eigenvalue weighted by atomic mass is 10.1. The van der Waals surface area contributed by atoms with E-state index in [-0.39, 0.29) is 5.56 Å². The van der Waals surface area contributed by atoms with Gasteiger partial charge in [0.05, 0.1) is 21.5 Å². The van der Waals surface area contributed by atoms with Crippen molar-refractivity contribution in [2.75, 3.05) is 0 Å². The summed E-state index contributed by atoms with van der Waals surface area (Å²) in [6.45, 7) is 5.02. The summed E-state index contributed by atoms with van der Waals surface area (Å²) in [5.74, 6) is -1.16. The number of hydrogen-bond acceptors (Lipinski definition) is 4. The molecule has 1 rings (SSSR count). The zero-order valence-corrected chi connectivity index (χ0v) is 7.21. The van der Waals surface area contributed by atoms with Gasteiger partial charge in [0, 0.05) is 0 Å². The summed E-state index contributed by atoms with van der Waals surface area (Å²) in [5, 5.41) is 20.7. The predicted octanol–water partition coefficient (Wildman–Crippen LogP) is 2.09. The molecular weight excluding hydrogens is 207 g/mol. The summed E-state index contributed by atoms with van der Waals surface area (Å²) >= 11 is 0. The summed E-state index contributed by atoms with van der Waals surface area (Å²) < 4.78 is 13.0. The summed E-state index contributed by atoms with van der Waals surface area (Å²) in [5.41, 5.74) is -1.76. The normalized spacial score (nSPS) is 9.67. The number of nitro groups is 2. The maximum atomic E-state index is 13.0. The largest absolute Gasteiger partial charge is 0.311 e. The van der Waals surface area contributed by atoms with Gasteiger partial charge in [-0.2, -0.15) is 4.39 Å². The average Bonchev–Trinajstić information content (AvgIpc) is 2.16. The van der Waals surface area contributed by atoms with Crippen LogP contribution in [-0.2, 0) is 0 Å². The van der Waals surface area contributed by atoms with E-state index in [0.717, 1.165) is 6.08 Å². The van der Waals surface area contributed by atoms with Crippen molar-refractivity contribution in [2.45, 2.75) is 0 Å². The first-order chi connectivity index (χ1) is 6.97. The second-order valence-electron chi connectivity index (χ2n) is 2.54. The van der Waals surface area contributed by atoms with Crippen molar-refractivity contribution in [3.05, 3.63) is 50.3 Å². The summed E-state index contributed by atoms with van der Waals surface area (Å²) in [6.07, 6.45) is 0.810. The fourth-order valence-electron chi connectivity index (χ4n) is 0.998. The fraction of sp³-hybridized carbons (Fsp3) is 0. The van der Waals surface area contributed by atoms with Gasteiger partial charge >= 0.3 is 5.69 Å². The van der Waals surface area contributed by atoms with E-state index in [9.17, 15) is 24.6 Å². The molecule has 0 aliphatic rings. The molecular formula is C8H4FN2O4. The first-order valence-electron chi connectivity index (χ1n) is 3.64. The third-order valence-corrected chi connectivity index (χ3v) is 1.67. The van der Waals surface area contributed by atoms with Crippen molar-refractivity contribution in [3.8, 4) is 0 Å². The third-order valence-electron chi connectivity index (χ3n) is 1.67. The van der Waals surface area contributed by atoms with Crippen LogP contribution in [0.25, 0.3) is 6.08 Å². The Morgan fingerprint density at radius 3 is 2.13 bits per heavy atom. The highest BCUT2D eigenvalue weighted by molar-refractivity contribution is 5.62. The second kappa shape index (κ2) is 3.82. The molecule has 1 aromatic rings. The Morgan fingerprint density at radius 2 is 1.73 bits per heavy atom. The molecule has 0 heterocycles. The summed E-state index contributed by atoms with van der Waals surface area (Å²) in [7, 11) is 0. The van der Waals surface area contributed by atoms with E-state index >= 15 is 0 Å². The van der Waals surface area contributed by atoms with E-state index < -0.39 is 27.0 Å². The molecule has 0 saturated heterocycles. The molecule has 0 atom stereocenters. The molecule has 0 aliphatic heterocycles. The molecule has 0 bridgehead atoms. The Bertz CT molecular complexity index is 458. The fourth-order valence-corrected chi connectivity index (χ4v) is 0.998. The molecule has 7 heteroatoms. The number of nitrogens with zero attached hydrogens (tertiary/aromatic N) is 2. The highest BCUT2D eigenvalue weighted by atomic mass is 19.1. The Labute approximate surface area is 82.9 Å². The summed E-state index contributed by atoms with van der Waals surface area (Å²) in [6, 6.07) is 1.18. The van der Waals surface area contributed by atoms with Crippen LogP contribution in [0.4, 0.5) is 15.8 Å². The van der Waals surface area contributed by atoms with E-state index in [1.54, 1.807) is 0 Å². The van der Waals surface area contributed by atoms with Gasteiger partial charge in [-0.1, -0.05) is 6.58 Å². The van der Waals surface area contributed by atoms with Gasteiger partial charge in [-0.15, -0.1) is 0 Å². The van der Waals surface area contributed by atoms with Gasteiger partial charge in [0.2, 0.25) is 5.82 Å². The van der Waals surface area contributed by atoms with Crippen molar-refractivity contribution >= 4 is 17.5 Å². The molecule has 77 valence electrons. The van der Waals surface area contributed by atoms with Crippen LogP contribution in [-0.4, -0.2) is 9.85 Å². The van der Waals surface area contributed by atoms with Crippen LogP contribution in [0.2, 0.25) is 0 Å². The molecule has 1 radical (unpaired) electrons. The summed E-state index contributed by atoms with van der Waals surface area (Å²) in [4.78, 5) is 18.8. The molecule has 1 aromatic carbocycles. The molecule has 0 aliphatic carbocycles. The maximum Gasteiger partial charge on any atom is 0.311 e. The number of nitro benzene ring substituents is 2. The number of benzene rings is 1. The molecule has 0 spiro atoms. The molecule has 0 aromatic heterocycles. The lowest BCUT2D eigenvalue weighted by Gasteiger charge is -1.98. The molecule has 0 N–H and O–H groups in total. The van der Waals surface area contributed by atoms with Crippen molar-refractivity contribution in [3.63, 3.8) is 0 Å². The van der Waals surface area contributed by atoms with Gasteiger partial charge in [-0.25, -0.2) is 0 Å². The lowest BCUT2D eigenvalue weighted by Crippen LogP contribution is -1.98. The van der Waals surface area contributed by atoms with Crippen LogP contribution in [0.3, 0.4) is 0 Å². The van der Waals surface area contributed by atoms with Crippen LogP contribution < -0.4 is 0 Å². The van der Waals surface area contributed by atoms with Gasteiger partial charge in [0.15, 0.2) is 0 Å². The van der Waals surface area contributed by atoms with E-state index in [1.165, 1.54) is 0 Å². The van der Waals surface area contributed by atoms with E-state index in [1.807, 2.05) is 0 Å². The molecule has 0 amide bonds. The molecule has 6 nitrogen and oxygen atoms in total. The van der Waals surface area contributed by atoms with E-state index in [0.29, 0.717) is 12.1 Å². The van der Waals surface area contributed by atoms with Crippen molar-refractivity contribution in [2.24, 2.45) is 0 Å². The van der Waals surface area contributed by atoms with Crippen LogP contribution in [0.1, 0.15) is 5.56 Å². The van der Waals surface area contributed by atoms with Crippen molar-refractivity contribution < 1.29 is 14.2 Å². The number of hydrogen-bond donors (Lipinski definition) is 0. The topological polar surface area (TPSA) is 86.3 Å². The first kappa shape index (κ1) is 10.8. The predicted molar refractivity (Wildman–Crippen MR) is 48.5 cm³/mol. The van der Waals surface area contributed by atoms with Gasteiger partial charge in [-0.05, 0) is 12.1 Å². The van der Waals surface area contributed by atoms with Crippen LogP contribution in [0.5, 0.6) is 0 Å². The Morgan fingerprint density at radius 1 is 1.20 bits per heavy atom. The zero-order valence-electron chi connectivity index (χ0n) is 7.21. The highest BCUT2D eigenvalue weighted by Crippen LogP contribution is 2.28. The van der Waals surface area contributed by atoms with Crippen molar-refractivity contribution in [1.82, 2.24) is 0 Å². The van der Waals surface area contributed by atoms with Gasteiger partial charge in [-0.3, -0.25) is 20.2 Å². The second-order valence-corrected chi connectivity index (χ2v) is 2.54. The van der Waals surface area contributed by atoms with Crippen LogP contribution in [0.15, 0.2) is 12.1 Å². The van der Waals surface area contributed by atoms with Crippen LogP contribution >= 0.6 is 0 Å². The van der Waals surface area contributed by atoms with Crippen molar-refractivity contribution in [1.29, 1.82) is 0 Å². The number of rotatable bonds is 3.